The van der Waals surface area contributed by atoms with Gasteiger partial charge in [0.1, 0.15) is 12.6 Å². The fourth-order valence-electron chi connectivity index (χ4n) is 0.892. The largest absolute Gasteiger partial charge is 0.481 e. The summed E-state index contributed by atoms with van der Waals surface area (Å²) in [5.74, 6) is -2.96. The van der Waals surface area contributed by atoms with Crippen molar-refractivity contribution in [3.05, 3.63) is 0 Å². The van der Waals surface area contributed by atoms with Gasteiger partial charge in [-0.25, -0.2) is 4.79 Å². The molecule has 0 aromatic carbocycles. The van der Waals surface area contributed by atoms with Gasteiger partial charge in [-0.15, -0.1) is 0 Å². The number of carboxylic acid groups (broad SMARTS) is 2. The fourth-order valence-corrected chi connectivity index (χ4v) is 0.892. The van der Waals surface area contributed by atoms with Crippen molar-refractivity contribution in [2.45, 2.75) is 18.9 Å². The zero-order valence-electron chi connectivity index (χ0n) is 8.23. The highest BCUT2D eigenvalue weighted by molar-refractivity contribution is 5.84. The van der Waals surface area contributed by atoms with Gasteiger partial charge in [-0.3, -0.25) is 9.59 Å². The lowest BCUT2D eigenvalue weighted by Gasteiger charge is -2.12. The zero-order valence-corrected chi connectivity index (χ0v) is 8.23. The van der Waals surface area contributed by atoms with Crippen molar-refractivity contribution in [3.8, 4) is 0 Å². The van der Waals surface area contributed by atoms with Gasteiger partial charge >= 0.3 is 11.9 Å². The molecular weight excluding hydrogens is 206 g/mol. The average molecular weight is 219 g/mol. The van der Waals surface area contributed by atoms with Crippen molar-refractivity contribution in [2.24, 2.45) is 0 Å². The van der Waals surface area contributed by atoms with E-state index in [-0.39, 0.29) is 19.4 Å². The number of aliphatic carboxylic acids is 2. The third-order valence-corrected chi connectivity index (χ3v) is 1.56. The third-order valence-electron chi connectivity index (χ3n) is 1.56. The van der Waals surface area contributed by atoms with E-state index >= 15 is 0 Å². The summed E-state index contributed by atoms with van der Waals surface area (Å²) in [6.07, 6.45) is -0.468. The van der Waals surface area contributed by atoms with Gasteiger partial charge in [0.15, 0.2) is 0 Å². The maximum absolute atomic E-state index is 11.0. The number of hydrogen-bond acceptors (Lipinski definition) is 4. The minimum atomic E-state index is -1.26. The molecule has 0 rings (SSSR count). The van der Waals surface area contributed by atoms with E-state index in [1.165, 1.54) is 7.11 Å². The van der Waals surface area contributed by atoms with Crippen LogP contribution in [0.25, 0.3) is 0 Å². The summed E-state index contributed by atoms with van der Waals surface area (Å²) in [6.45, 7) is -0.253. The van der Waals surface area contributed by atoms with E-state index in [0.29, 0.717) is 0 Å². The van der Waals surface area contributed by atoms with Gasteiger partial charge in [-0.05, 0) is 6.42 Å². The van der Waals surface area contributed by atoms with Crippen molar-refractivity contribution in [1.82, 2.24) is 5.32 Å². The number of hydrogen-bond donors (Lipinski definition) is 3. The molecule has 0 aliphatic carbocycles. The van der Waals surface area contributed by atoms with E-state index < -0.39 is 23.9 Å². The van der Waals surface area contributed by atoms with E-state index in [0.717, 1.165) is 0 Å². The van der Waals surface area contributed by atoms with E-state index in [9.17, 15) is 14.4 Å². The first-order valence-corrected chi connectivity index (χ1v) is 4.20. The molecule has 86 valence electrons. The summed E-state index contributed by atoms with van der Waals surface area (Å²) < 4.78 is 4.49. The maximum atomic E-state index is 11.0. The van der Waals surface area contributed by atoms with E-state index in [4.69, 9.17) is 10.2 Å². The number of rotatable bonds is 7. The summed E-state index contributed by atoms with van der Waals surface area (Å²) in [5.41, 5.74) is 0. The van der Waals surface area contributed by atoms with Crippen LogP contribution in [-0.2, 0) is 19.1 Å². The molecule has 0 unspecified atom stereocenters. The van der Waals surface area contributed by atoms with Crippen molar-refractivity contribution in [3.63, 3.8) is 0 Å². The smallest absolute Gasteiger partial charge is 0.326 e. The quantitative estimate of drug-likeness (QED) is 0.509. The van der Waals surface area contributed by atoms with Gasteiger partial charge in [0, 0.05) is 13.5 Å². The summed E-state index contributed by atoms with van der Waals surface area (Å²) >= 11 is 0. The number of nitrogens with one attached hydrogen (secondary N) is 1. The van der Waals surface area contributed by atoms with Crippen LogP contribution < -0.4 is 5.32 Å². The minimum Gasteiger partial charge on any atom is -0.481 e. The van der Waals surface area contributed by atoms with Crippen molar-refractivity contribution < 1.29 is 29.3 Å². The highest BCUT2D eigenvalue weighted by Gasteiger charge is 2.20. The SMILES string of the molecule is COCC(=O)N[C@@H](CCC(=O)O)C(=O)O. The lowest BCUT2D eigenvalue weighted by Crippen LogP contribution is -2.42. The molecule has 0 saturated carbocycles. The number of carbonyl (C=O) groups is 3. The molecule has 0 fully saturated rings. The number of ether oxygens (including phenoxy) is 1. The van der Waals surface area contributed by atoms with E-state index in [1.54, 1.807) is 0 Å². The van der Waals surface area contributed by atoms with Crippen LogP contribution >= 0.6 is 0 Å². The second-order valence-corrected chi connectivity index (χ2v) is 2.82. The van der Waals surface area contributed by atoms with Crippen molar-refractivity contribution in [2.75, 3.05) is 13.7 Å². The Morgan fingerprint density at radius 1 is 1.33 bits per heavy atom. The first-order valence-electron chi connectivity index (χ1n) is 4.20. The topological polar surface area (TPSA) is 113 Å². The molecule has 15 heavy (non-hydrogen) atoms. The third kappa shape index (κ3) is 6.44. The monoisotopic (exact) mass is 219 g/mol. The van der Waals surface area contributed by atoms with Gasteiger partial charge in [-0.1, -0.05) is 0 Å². The van der Waals surface area contributed by atoms with Crippen molar-refractivity contribution >= 4 is 17.8 Å². The van der Waals surface area contributed by atoms with Gasteiger partial charge in [-0.2, -0.15) is 0 Å². The normalized spacial score (nSPS) is 11.8. The number of carbonyl (C=O) groups excluding carboxylic acids is 1. The molecule has 3 N–H and O–H groups in total. The Balaban J connectivity index is 4.10. The minimum absolute atomic E-state index is 0.153. The van der Waals surface area contributed by atoms with Crippen LogP contribution in [0.2, 0.25) is 0 Å². The van der Waals surface area contributed by atoms with Crippen LogP contribution in [0, 0.1) is 0 Å². The van der Waals surface area contributed by atoms with Crippen LogP contribution in [0.15, 0.2) is 0 Å². The van der Waals surface area contributed by atoms with Gasteiger partial charge in [0.2, 0.25) is 5.91 Å². The maximum Gasteiger partial charge on any atom is 0.326 e. The lowest BCUT2D eigenvalue weighted by molar-refractivity contribution is -0.143. The summed E-state index contributed by atoms with van der Waals surface area (Å²) in [6, 6.07) is -1.19. The second kappa shape index (κ2) is 6.77. The van der Waals surface area contributed by atoms with E-state index in [1.807, 2.05) is 0 Å². The molecule has 1 amide bonds. The highest BCUT2D eigenvalue weighted by atomic mass is 16.5. The Morgan fingerprint density at radius 2 is 1.93 bits per heavy atom. The summed E-state index contributed by atoms with van der Waals surface area (Å²) in [5, 5.41) is 19.2. The predicted octanol–water partition coefficient (Wildman–Crippen LogP) is -0.933. The predicted molar refractivity (Wildman–Crippen MR) is 48.3 cm³/mol. The summed E-state index contributed by atoms with van der Waals surface area (Å²) in [7, 11) is 1.30. The van der Waals surface area contributed by atoms with Crippen LogP contribution in [0.3, 0.4) is 0 Å². The molecule has 0 aliphatic heterocycles. The summed E-state index contributed by atoms with van der Waals surface area (Å²) in [4.78, 5) is 31.8. The highest BCUT2D eigenvalue weighted by Crippen LogP contribution is 1.97. The molecular formula is C8H13NO6. The first kappa shape index (κ1) is 13.4. The molecule has 0 spiro atoms. The number of carboxylic acids is 2. The molecule has 0 aliphatic rings. The molecule has 0 heterocycles. The lowest BCUT2D eigenvalue weighted by atomic mass is 10.1. The molecule has 0 saturated heterocycles. The molecule has 0 radical (unpaired) electrons. The zero-order chi connectivity index (χ0) is 11.8. The molecule has 0 aromatic heterocycles. The van der Waals surface area contributed by atoms with Crippen LogP contribution in [0.1, 0.15) is 12.8 Å². The van der Waals surface area contributed by atoms with Gasteiger partial charge in [0.25, 0.3) is 0 Å². The number of methoxy groups -OCH3 is 1. The molecule has 7 nitrogen and oxygen atoms in total. The van der Waals surface area contributed by atoms with Gasteiger partial charge in [0.05, 0.1) is 0 Å². The average Bonchev–Trinajstić information content (AvgIpc) is 2.11. The molecule has 0 bridgehead atoms. The number of amides is 1. The Labute approximate surface area is 86.0 Å². The van der Waals surface area contributed by atoms with Crippen molar-refractivity contribution in [1.29, 1.82) is 0 Å². The fraction of sp³-hybridized carbons (Fsp3) is 0.625. The van der Waals surface area contributed by atoms with E-state index in [2.05, 4.69) is 10.1 Å². The Kier molecular flexibility index (Phi) is 6.03. The standard InChI is InChI=1S/C8H13NO6/c1-15-4-6(10)9-5(8(13)14)2-3-7(11)12/h5H,2-4H2,1H3,(H,9,10)(H,11,12)(H,13,14)/t5-/m0/s1. The first-order chi connectivity index (χ1) is 6.97. The van der Waals surface area contributed by atoms with Crippen LogP contribution in [-0.4, -0.2) is 47.8 Å². The Bertz CT molecular complexity index is 252. The Morgan fingerprint density at radius 3 is 2.33 bits per heavy atom. The Hall–Kier alpha value is -1.63. The van der Waals surface area contributed by atoms with Crippen LogP contribution in [0.5, 0.6) is 0 Å². The van der Waals surface area contributed by atoms with Gasteiger partial charge < -0.3 is 20.3 Å². The molecule has 7 heteroatoms. The molecule has 0 aromatic rings. The molecule has 1 atom stereocenters. The van der Waals surface area contributed by atoms with Crippen LogP contribution in [0.4, 0.5) is 0 Å². The second-order valence-electron chi connectivity index (χ2n) is 2.82.